The Morgan fingerprint density at radius 2 is 1.73 bits per heavy atom. The summed E-state index contributed by atoms with van der Waals surface area (Å²) in [6, 6.07) is 0. The third-order valence-corrected chi connectivity index (χ3v) is 7.77. The van der Waals surface area contributed by atoms with Crippen LogP contribution in [-0.2, 0) is 0 Å². The van der Waals surface area contributed by atoms with E-state index in [-0.39, 0.29) is 0 Å². The Balaban J connectivity index is 1.97. The lowest BCUT2D eigenvalue weighted by Gasteiger charge is -2.41. The van der Waals surface area contributed by atoms with Gasteiger partial charge in [-0.1, -0.05) is 33.6 Å². The molecule has 0 N–H and O–H groups in total. The van der Waals surface area contributed by atoms with Crippen molar-refractivity contribution in [1.29, 1.82) is 0 Å². The van der Waals surface area contributed by atoms with Gasteiger partial charge in [0.05, 0.1) is 0 Å². The molecule has 2 rings (SSSR count). The summed E-state index contributed by atoms with van der Waals surface area (Å²) in [5.74, 6) is 1.01. The van der Waals surface area contributed by atoms with Gasteiger partial charge in [0.15, 0.2) is 0 Å². The first kappa shape index (κ1) is 11.9. The van der Waals surface area contributed by atoms with Gasteiger partial charge in [-0.05, 0) is 55.0 Å². The van der Waals surface area contributed by atoms with Crippen molar-refractivity contribution in [2.24, 2.45) is 11.3 Å². The molecule has 0 aliphatic carbocycles. The Kier molecular flexibility index (Phi) is 3.76. The minimum atomic E-state index is 0.453. The summed E-state index contributed by atoms with van der Waals surface area (Å²) in [4.78, 5) is 0. The standard InChI is InChI=1S/C14H27P/c1-14(2,3)12-8-10-15-9-6-4-5-7-13(15)11-12/h12-13H,4-11H2,1-3H3. The molecule has 0 amide bonds. The van der Waals surface area contributed by atoms with E-state index in [1.807, 2.05) is 0 Å². The van der Waals surface area contributed by atoms with Crippen molar-refractivity contribution >= 4 is 7.92 Å². The number of fused-ring (bicyclic) bond motifs is 1. The predicted octanol–water partition coefficient (Wildman–Crippen LogP) is 4.87. The fourth-order valence-corrected chi connectivity index (χ4v) is 6.68. The van der Waals surface area contributed by atoms with E-state index in [1.54, 1.807) is 31.6 Å². The average Bonchev–Trinajstić information content (AvgIpc) is 2.39. The van der Waals surface area contributed by atoms with Gasteiger partial charge in [-0.2, -0.15) is 0 Å². The summed E-state index contributed by atoms with van der Waals surface area (Å²) >= 11 is 0. The molecule has 15 heavy (non-hydrogen) atoms. The highest BCUT2D eigenvalue weighted by Gasteiger charge is 2.35. The van der Waals surface area contributed by atoms with Crippen LogP contribution in [0.1, 0.15) is 59.3 Å². The van der Waals surface area contributed by atoms with E-state index in [1.165, 1.54) is 19.3 Å². The summed E-state index contributed by atoms with van der Waals surface area (Å²) in [6.07, 6.45) is 12.5. The minimum absolute atomic E-state index is 0.453. The van der Waals surface area contributed by atoms with Gasteiger partial charge in [0.1, 0.15) is 0 Å². The molecule has 2 saturated heterocycles. The maximum Gasteiger partial charge on any atom is -0.0206 e. The van der Waals surface area contributed by atoms with Gasteiger partial charge in [0, 0.05) is 0 Å². The zero-order valence-electron chi connectivity index (χ0n) is 10.8. The molecule has 2 heterocycles. The topological polar surface area (TPSA) is 0 Å². The van der Waals surface area contributed by atoms with Crippen molar-refractivity contribution in [1.82, 2.24) is 0 Å². The van der Waals surface area contributed by atoms with Gasteiger partial charge in [0.25, 0.3) is 0 Å². The first-order valence-corrected chi connectivity index (χ1v) is 8.59. The normalized spacial score (nSPS) is 38.2. The number of hydrogen-bond donors (Lipinski definition) is 0. The SMILES string of the molecule is CC(C)(C)C1CCP2CCCCCC2C1. The van der Waals surface area contributed by atoms with Crippen molar-refractivity contribution in [2.45, 2.75) is 65.0 Å². The molecule has 1 heteroatoms. The number of hydrogen-bond acceptors (Lipinski definition) is 0. The Morgan fingerprint density at radius 1 is 0.933 bits per heavy atom. The van der Waals surface area contributed by atoms with Crippen LogP contribution in [0.15, 0.2) is 0 Å². The smallest absolute Gasteiger partial charge is 0.0206 e. The lowest BCUT2D eigenvalue weighted by Crippen LogP contribution is -2.30. The highest BCUT2D eigenvalue weighted by Crippen LogP contribution is 2.56. The fraction of sp³-hybridized carbons (Fsp3) is 1.00. The van der Waals surface area contributed by atoms with E-state index in [9.17, 15) is 0 Å². The van der Waals surface area contributed by atoms with E-state index in [2.05, 4.69) is 20.8 Å². The third kappa shape index (κ3) is 2.96. The highest BCUT2D eigenvalue weighted by molar-refractivity contribution is 7.58. The number of rotatable bonds is 0. The largest absolute Gasteiger partial charge is 0.104 e. The van der Waals surface area contributed by atoms with Crippen LogP contribution in [-0.4, -0.2) is 18.0 Å². The van der Waals surface area contributed by atoms with Gasteiger partial charge in [-0.15, -0.1) is 7.92 Å². The molecule has 0 aromatic carbocycles. The van der Waals surface area contributed by atoms with Crippen LogP contribution in [0.4, 0.5) is 0 Å². The van der Waals surface area contributed by atoms with E-state index in [0.29, 0.717) is 13.3 Å². The first-order valence-electron chi connectivity index (χ1n) is 6.81. The lowest BCUT2D eigenvalue weighted by molar-refractivity contribution is 0.210. The second-order valence-corrected chi connectivity index (χ2v) is 9.43. The molecular weight excluding hydrogens is 199 g/mol. The van der Waals surface area contributed by atoms with Crippen LogP contribution >= 0.6 is 7.92 Å². The summed E-state index contributed by atoms with van der Waals surface area (Å²) in [6.45, 7) is 7.34. The monoisotopic (exact) mass is 226 g/mol. The first-order chi connectivity index (χ1) is 7.07. The Labute approximate surface area is 97.0 Å². The Bertz CT molecular complexity index is 204. The second kappa shape index (κ2) is 4.74. The minimum Gasteiger partial charge on any atom is -0.104 e. The second-order valence-electron chi connectivity index (χ2n) is 6.63. The quantitative estimate of drug-likeness (QED) is 0.517. The summed E-state index contributed by atoms with van der Waals surface area (Å²) in [7, 11) is 0.453. The molecule has 2 fully saturated rings. The fourth-order valence-electron chi connectivity index (χ4n) is 3.35. The summed E-state index contributed by atoms with van der Waals surface area (Å²) < 4.78 is 0. The van der Waals surface area contributed by atoms with E-state index in [0.717, 1.165) is 11.6 Å². The molecule has 0 nitrogen and oxygen atoms in total. The molecule has 2 aliphatic rings. The van der Waals surface area contributed by atoms with Crippen LogP contribution < -0.4 is 0 Å². The highest BCUT2D eigenvalue weighted by atomic mass is 31.1. The van der Waals surface area contributed by atoms with Crippen molar-refractivity contribution in [3.8, 4) is 0 Å². The maximum absolute atomic E-state index is 2.45. The van der Waals surface area contributed by atoms with Crippen LogP contribution in [0.5, 0.6) is 0 Å². The molecule has 0 aromatic rings. The molecule has 2 aliphatic heterocycles. The summed E-state index contributed by atoms with van der Waals surface area (Å²) in [5, 5.41) is 0. The van der Waals surface area contributed by atoms with E-state index in [4.69, 9.17) is 0 Å². The average molecular weight is 226 g/mol. The Hall–Kier alpha value is 0.430. The maximum atomic E-state index is 2.45. The van der Waals surface area contributed by atoms with Gasteiger partial charge >= 0.3 is 0 Å². The zero-order valence-corrected chi connectivity index (χ0v) is 11.7. The van der Waals surface area contributed by atoms with Gasteiger partial charge in [-0.3, -0.25) is 0 Å². The van der Waals surface area contributed by atoms with Crippen LogP contribution in [0, 0.1) is 11.3 Å². The molecule has 0 aromatic heterocycles. The van der Waals surface area contributed by atoms with Crippen molar-refractivity contribution < 1.29 is 0 Å². The summed E-state index contributed by atoms with van der Waals surface area (Å²) in [5.41, 5.74) is 1.72. The molecule has 0 bridgehead atoms. The molecule has 0 spiro atoms. The van der Waals surface area contributed by atoms with E-state index < -0.39 is 0 Å². The Morgan fingerprint density at radius 3 is 2.47 bits per heavy atom. The lowest BCUT2D eigenvalue weighted by atomic mass is 9.76. The molecular formula is C14H27P. The van der Waals surface area contributed by atoms with Crippen LogP contribution in [0.2, 0.25) is 0 Å². The molecule has 0 saturated carbocycles. The van der Waals surface area contributed by atoms with Gasteiger partial charge in [0.2, 0.25) is 0 Å². The molecule has 0 radical (unpaired) electrons. The van der Waals surface area contributed by atoms with Crippen LogP contribution in [0.3, 0.4) is 0 Å². The third-order valence-electron chi connectivity index (χ3n) is 4.55. The van der Waals surface area contributed by atoms with Gasteiger partial charge in [-0.25, -0.2) is 0 Å². The predicted molar refractivity (Wildman–Crippen MR) is 71.1 cm³/mol. The molecule has 3 unspecified atom stereocenters. The van der Waals surface area contributed by atoms with E-state index >= 15 is 0 Å². The van der Waals surface area contributed by atoms with Crippen molar-refractivity contribution in [2.75, 3.05) is 12.3 Å². The van der Waals surface area contributed by atoms with Crippen LogP contribution in [0.25, 0.3) is 0 Å². The van der Waals surface area contributed by atoms with Crippen molar-refractivity contribution in [3.63, 3.8) is 0 Å². The van der Waals surface area contributed by atoms with Gasteiger partial charge < -0.3 is 0 Å². The molecule has 3 atom stereocenters. The van der Waals surface area contributed by atoms with Crippen molar-refractivity contribution in [3.05, 3.63) is 0 Å². The zero-order chi connectivity index (χ0) is 10.9. The molecule has 88 valence electrons.